The van der Waals surface area contributed by atoms with Crippen LogP contribution in [0.25, 0.3) is 11.2 Å². The number of H-pyrrole nitrogens is 1. The number of aromatic amines is 1. The molecule has 0 saturated heterocycles. The SMILES string of the molecule is CC(C)c1nc2nc(N(C)C)ccc2[nH]1. The van der Waals surface area contributed by atoms with Gasteiger partial charge in [-0.1, -0.05) is 13.8 Å². The lowest BCUT2D eigenvalue weighted by atomic mass is 10.2. The number of rotatable bonds is 2. The molecule has 0 saturated carbocycles. The average molecular weight is 204 g/mol. The number of nitrogens with one attached hydrogen (secondary N) is 1. The van der Waals surface area contributed by atoms with Crippen LogP contribution in [-0.4, -0.2) is 29.0 Å². The van der Waals surface area contributed by atoms with Gasteiger partial charge in [0.05, 0.1) is 5.52 Å². The molecule has 0 aliphatic heterocycles. The molecule has 15 heavy (non-hydrogen) atoms. The molecule has 0 fully saturated rings. The van der Waals surface area contributed by atoms with E-state index in [2.05, 4.69) is 28.8 Å². The zero-order chi connectivity index (χ0) is 11.0. The standard InChI is InChI=1S/C11H16N4/c1-7(2)10-12-8-5-6-9(15(3)4)13-11(8)14-10/h5-7H,1-4H3,(H,12,13,14). The fourth-order valence-corrected chi connectivity index (χ4v) is 1.42. The van der Waals surface area contributed by atoms with Gasteiger partial charge in [-0.05, 0) is 12.1 Å². The van der Waals surface area contributed by atoms with E-state index in [0.29, 0.717) is 5.92 Å². The molecule has 4 nitrogen and oxygen atoms in total. The molecule has 2 aromatic rings. The summed E-state index contributed by atoms with van der Waals surface area (Å²) in [6.45, 7) is 4.23. The monoisotopic (exact) mass is 204 g/mol. The van der Waals surface area contributed by atoms with Gasteiger partial charge in [-0.3, -0.25) is 0 Å². The first-order valence-corrected chi connectivity index (χ1v) is 5.12. The van der Waals surface area contributed by atoms with Gasteiger partial charge in [0.1, 0.15) is 11.6 Å². The van der Waals surface area contributed by atoms with Crippen molar-refractivity contribution in [2.45, 2.75) is 19.8 Å². The molecule has 0 amide bonds. The van der Waals surface area contributed by atoms with Gasteiger partial charge in [-0.25, -0.2) is 9.97 Å². The number of fused-ring (bicyclic) bond motifs is 1. The van der Waals surface area contributed by atoms with E-state index in [4.69, 9.17) is 0 Å². The first-order valence-electron chi connectivity index (χ1n) is 5.12. The minimum Gasteiger partial charge on any atom is -0.363 e. The van der Waals surface area contributed by atoms with Crippen molar-refractivity contribution in [2.24, 2.45) is 0 Å². The maximum atomic E-state index is 4.46. The van der Waals surface area contributed by atoms with Crippen molar-refractivity contribution in [3.8, 4) is 0 Å². The molecule has 0 unspecified atom stereocenters. The van der Waals surface area contributed by atoms with Crippen LogP contribution >= 0.6 is 0 Å². The summed E-state index contributed by atoms with van der Waals surface area (Å²) < 4.78 is 0. The molecule has 0 atom stereocenters. The molecule has 1 N–H and O–H groups in total. The minimum atomic E-state index is 0.405. The Kier molecular flexibility index (Phi) is 2.34. The minimum absolute atomic E-state index is 0.405. The van der Waals surface area contributed by atoms with Crippen LogP contribution in [0.15, 0.2) is 12.1 Å². The van der Waals surface area contributed by atoms with Gasteiger partial charge < -0.3 is 9.88 Å². The molecular weight excluding hydrogens is 188 g/mol. The quantitative estimate of drug-likeness (QED) is 0.815. The van der Waals surface area contributed by atoms with Crippen LogP contribution in [0.2, 0.25) is 0 Å². The van der Waals surface area contributed by atoms with Gasteiger partial charge in [0, 0.05) is 20.0 Å². The number of nitrogens with zero attached hydrogens (tertiary/aromatic N) is 3. The van der Waals surface area contributed by atoms with Gasteiger partial charge in [-0.15, -0.1) is 0 Å². The Morgan fingerprint density at radius 3 is 2.53 bits per heavy atom. The third-order valence-electron chi connectivity index (χ3n) is 2.35. The van der Waals surface area contributed by atoms with E-state index < -0.39 is 0 Å². The van der Waals surface area contributed by atoms with Crippen LogP contribution < -0.4 is 4.90 Å². The maximum Gasteiger partial charge on any atom is 0.179 e. The van der Waals surface area contributed by atoms with Gasteiger partial charge in [0.25, 0.3) is 0 Å². The van der Waals surface area contributed by atoms with Gasteiger partial charge in [-0.2, -0.15) is 0 Å². The Morgan fingerprint density at radius 2 is 1.93 bits per heavy atom. The average Bonchev–Trinajstić information content (AvgIpc) is 2.59. The Morgan fingerprint density at radius 1 is 1.20 bits per heavy atom. The van der Waals surface area contributed by atoms with E-state index in [9.17, 15) is 0 Å². The van der Waals surface area contributed by atoms with Crippen LogP contribution in [0.4, 0.5) is 5.82 Å². The second-order valence-electron chi connectivity index (χ2n) is 4.21. The predicted octanol–water partition coefficient (Wildman–Crippen LogP) is 2.15. The first kappa shape index (κ1) is 9.96. The predicted molar refractivity (Wildman–Crippen MR) is 62.3 cm³/mol. The number of anilines is 1. The topological polar surface area (TPSA) is 44.8 Å². The Balaban J connectivity index is 2.52. The highest BCUT2D eigenvalue weighted by Crippen LogP contribution is 2.18. The van der Waals surface area contributed by atoms with E-state index in [1.807, 2.05) is 31.1 Å². The maximum absolute atomic E-state index is 4.46. The van der Waals surface area contributed by atoms with E-state index >= 15 is 0 Å². The first-order chi connectivity index (χ1) is 7.08. The molecule has 4 heteroatoms. The van der Waals surface area contributed by atoms with Crippen molar-refractivity contribution >= 4 is 17.0 Å². The fraction of sp³-hybridized carbons (Fsp3) is 0.455. The third kappa shape index (κ3) is 1.79. The zero-order valence-electron chi connectivity index (χ0n) is 9.57. The third-order valence-corrected chi connectivity index (χ3v) is 2.35. The summed E-state index contributed by atoms with van der Waals surface area (Å²) in [6.07, 6.45) is 0. The lowest BCUT2D eigenvalue weighted by Crippen LogP contribution is -2.10. The Bertz CT molecular complexity index is 464. The van der Waals surface area contributed by atoms with Crippen molar-refractivity contribution in [2.75, 3.05) is 19.0 Å². The smallest absolute Gasteiger partial charge is 0.179 e. The molecule has 2 aromatic heterocycles. The molecule has 80 valence electrons. The summed E-state index contributed by atoms with van der Waals surface area (Å²) in [5, 5.41) is 0. The number of aromatic nitrogens is 3. The van der Waals surface area contributed by atoms with Crippen LogP contribution in [0.3, 0.4) is 0 Å². The highest BCUT2D eigenvalue weighted by atomic mass is 15.1. The normalized spacial score (nSPS) is 11.3. The molecule has 2 rings (SSSR count). The zero-order valence-corrected chi connectivity index (χ0v) is 9.57. The number of imidazole rings is 1. The summed E-state index contributed by atoms with van der Waals surface area (Å²) in [7, 11) is 3.95. The molecule has 0 aromatic carbocycles. The molecule has 0 spiro atoms. The largest absolute Gasteiger partial charge is 0.363 e. The van der Waals surface area contributed by atoms with E-state index in [1.54, 1.807) is 0 Å². The molecule has 0 bridgehead atoms. The second kappa shape index (κ2) is 3.53. The molecule has 0 radical (unpaired) electrons. The summed E-state index contributed by atoms with van der Waals surface area (Å²) in [4.78, 5) is 14.2. The highest BCUT2D eigenvalue weighted by Gasteiger charge is 2.08. The van der Waals surface area contributed by atoms with Gasteiger partial charge >= 0.3 is 0 Å². The van der Waals surface area contributed by atoms with Crippen molar-refractivity contribution in [3.63, 3.8) is 0 Å². The van der Waals surface area contributed by atoms with Crippen LogP contribution in [0.1, 0.15) is 25.6 Å². The Labute approximate surface area is 89.3 Å². The summed E-state index contributed by atoms with van der Waals surface area (Å²) in [6, 6.07) is 4.02. The van der Waals surface area contributed by atoms with Gasteiger partial charge in [0.15, 0.2) is 5.65 Å². The highest BCUT2D eigenvalue weighted by molar-refractivity contribution is 5.73. The molecule has 0 aliphatic carbocycles. The van der Waals surface area contributed by atoms with Crippen LogP contribution in [0, 0.1) is 0 Å². The lowest BCUT2D eigenvalue weighted by molar-refractivity contribution is 0.798. The van der Waals surface area contributed by atoms with Crippen molar-refractivity contribution in [1.82, 2.24) is 15.0 Å². The van der Waals surface area contributed by atoms with Crippen LogP contribution in [0.5, 0.6) is 0 Å². The van der Waals surface area contributed by atoms with Crippen molar-refractivity contribution < 1.29 is 0 Å². The number of hydrogen-bond donors (Lipinski definition) is 1. The second-order valence-corrected chi connectivity index (χ2v) is 4.21. The van der Waals surface area contributed by atoms with Gasteiger partial charge in [0.2, 0.25) is 0 Å². The van der Waals surface area contributed by atoms with E-state index in [1.165, 1.54) is 0 Å². The summed E-state index contributed by atoms with van der Waals surface area (Å²) in [5.41, 5.74) is 1.80. The van der Waals surface area contributed by atoms with E-state index in [0.717, 1.165) is 22.8 Å². The summed E-state index contributed by atoms with van der Waals surface area (Å²) >= 11 is 0. The molecular formula is C11H16N4. The van der Waals surface area contributed by atoms with E-state index in [-0.39, 0.29) is 0 Å². The fourth-order valence-electron chi connectivity index (χ4n) is 1.42. The van der Waals surface area contributed by atoms with Crippen molar-refractivity contribution in [3.05, 3.63) is 18.0 Å². The van der Waals surface area contributed by atoms with Crippen molar-refractivity contribution in [1.29, 1.82) is 0 Å². The number of hydrogen-bond acceptors (Lipinski definition) is 3. The lowest BCUT2D eigenvalue weighted by Gasteiger charge is -2.09. The number of pyridine rings is 1. The van der Waals surface area contributed by atoms with Crippen LogP contribution in [-0.2, 0) is 0 Å². The summed E-state index contributed by atoms with van der Waals surface area (Å²) in [5.74, 6) is 2.33. The Hall–Kier alpha value is -1.58. The molecule has 2 heterocycles. The molecule has 0 aliphatic rings.